The van der Waals surface area contributed by atoms with Crippen molar-refractivity contribution in [1.29, 1.82) is 0 Å². The Morgan fingerprint density at radius 1 is 1.53 bits per heavy atom. The molecule has 1 amide bonds. The Morgan fingerprint density at radius 2 is 2.20 bits per heavy atom. The Balaban J connectivity index is 2.38. The van der Waals surface area contributed by atoms with Crippen molar-refractivity contribution in [3.8, 4) is 0 Å². The van der Waals surface area contributed by atoms with E-state index < -0.39 is 6.09 Å². The number of Topliss-reactive ketones (excluding diaryl/α,β-unsaturated/α-hetero) is 1. The number of carbonyl (C=O) groups is 2. The maximum Gasteiger partial charge on any atom is 0.407 e. The van der Waals surface area contributed by atoms with Crippen LogP contribution in [0.5, 0.6) is 0 Å². The highest BCUT2D eigenvalue weighted by atomic mass is 16.5. The molecule has 0 aromatic carbocycles. The highest BCUT2D eigenvalue weighted by Gasteiger charge is 2.28. The fourth-order valence-electron chi connectivity index (χ4n) is 1.74. The van der Waals surface area contributed by atoms with Gasteiger partial charge in [-0.05, 0) is 20.3 Å². The maximum atomic E-state index is 11.2. The summed E-state index contributed by atoms with van der Waals surface area (Å²) in [7, 11) is 1.35. The quantitative estimate of drug-likeness (QED) is 0.738. The van der Waals surface area contributed by atoms with Crippen molar-refractivity contribution in [2.24, 2.45) is 0 Å². The molecule has 1 aliphatic rings. The van der Waals surface area contributed by atoms with Gasteiger partial charge in [0.05, 0.1) is 13.2 Å². The number of alkyl carbamates (subject to hydrolysis) is 1. The average molecular weight is 214 g/mol. The number of ether oxygens (including phenoxy) is 1. The van der Waals surface area contributed by atoms with E-state index >= 15 is 0 Å². The molecule has 1 aliphatic heterocycles. The molecule has 5 heteroatoms. The van der Waals surface area contributed by atoms with E-state index in [1.807, 2.05) is 6.92 Å². The van der Waals surface area contributed by atoms with Gasteiger partial charge < -0.3 is 10.1 Å². The maximum absolute atomic E-state index is 11.2. The molecule has 0 aromatic rings. The molecule has 0 spiro atoms. The van der Waals surface area contributed by atoms with Crippen LogP contribution in [0, 0.1) is 0 Å². The minimum atomic E-state index is -0.405. The molecule has 0 radical (unpaired) electrons. The molecule has 5 nitrogen and oxygen atoms in total. The number of carbonyl (C=O) groups excluding carboxylic acids is 2. The smallest absolute Gasteiger partial charge is 0.407 e. The number of likely N-dealkylation sites (tertiary alicyclic amines) is 1. The van der Waals surface area contributed by atoms with Crippen LogP contribution in [-0.4, -0.2) is 49.1 Å². The second kappa shape index (κ2) is 5.11. The van der Waals surface area contributed by atoms with E-state index in [1.165, 1.54) is 7.11 Å². The summed E-state index contributed by atoms with van der Waals surface area (Å²) in [4.78, 5) is 24.2. The third-order valence-electron chi connectivity index (χ3n) is 2.86. The number of rotatable bonds is 3. The Labute approximate surface area is 89.8 Å². The van der Waals surface area contributed by atoms with Gasteiger partial charge in [0.1, 0.15) is 5.78 Å². The molecule has 1 rings (SSSR count). The van der Waals surface area contributed by atoms with Crippen LogP contribution in [0.4, 0.5) is 4.79 Å². The molecule has 1 N–H and O–H groups in total. The summed E-state index contributed by atoms with van der Waals surface area (Å²) in [5.41, 5.74) is 0. The molecule has 15 heavy (non-hydrogen) atoms. The third kappa shape index (κ3) is 3.20. The molecule has 0 saturated carbocycles. The lowest BCUT2D eigenvalue weighted by Crippen LogP contribution is -2.41. The van der Waals surface area contributed by atoms with Gasteiger partial charge in [0, 0.05) is 19.1 Å². The summed E-state index contributed by atoms with van der Waals surface area (Å²) < 4.78 is 4.52. The normalized spacial score (nSPS) is 23.5. The number of nitrogens with zero attached hydrogens (tertiary/aromatic N) is 1. The van der Waals surface area contributed by atoms with Crippen LogP contribution in [0.3, 0.4) is 0 Å². The molecule has 1 saturated heterocycles. The number of methoxy groups -OCH3 is 1. The molecule has 2 atom stereocenters. The first kappa shape index (κ1) is 12.0. The van der Waals surface area contributed by atoms with Crippen LogP contribution in [0.2, 0.25) is 0 Å². The van der Waals surface area contributed by atoms with Crippen molar-refractivity contribution in [3.05, 3.63) is 0 Å². The van der Waals surface area contributed by atoms with Gasteiger partial charge in [-0.25, -0.2) is 4.79 Å². The van der Waals surface area contributed by atoms with Crippen molar-refractivity contribution < 1.29 is 14.3 Å². The second-order valence-corrected chi connectivity index (χ2v) is 3.90. The zero-order valence-electron chi connectivity index (χ0n) is 9.45. The van der Waals surface area contributed by atoms with Crippen LogP contribution >= 0.6 is 0 Å². The molecule has 1 heterocycles. The largest absolute Gasteiger partial charge is 0.453 e. The predicted octanol–water partition coefficient (Wildman–Crippen LogP) is 0.394. The van der Waals surface area contributed by atoms with Crippen LogP contribution in [0.25, 0.3) is 0 Å². The van der Waals surface area contributed by atoms with E-state index in [4.69, 9.17) is 0 Å². The number of hydrogen-bond acceptors (Lipinski definition) is 4. The number of amides is 1. The fraction of sp³-hybridized carbons (Fsp3) is 0.800. The Bertz CT molecular complexity index is 255. The topological polar surface area (TPSA) is 58.6 Å². The third-order valence-corrected chi connectivity index (χ3v) is 2.86. The van der Waals surface area contributed by atoms with Gasteiger partial charge in [0.25, 0.3) is 0 Å². The Kier molecular flexibility index (Phi) is 4.08. The van der Waals surface area contributed by atoms with Gasteiger partial charge in [0.2, 0.25) is 0 Å². The van der Waals surface area contributed by atoms with Gasteiger partial charge in [-0.2, -0.15) is 0 Å². The van der Waals surface area contributed by atoms with Crippen molar-refractivity contribution in [3.63, 3.8) is 0 Å². The Morgan fingerprint density at radius 3 is 2.73 bits per heavy atom. The summed E-state index contributed by atoms with van der Waals surface area (Å²) in [5, 5.41) is 2.74. The molecule has 0 aromatic heterocycles. The van der Waals surface area contributed by atoms with Crippen molar-refractivity contribution in [2.45, 2.75) is 32.4 Å². The van der Waals surface area contributed by atoms with Gasteiger partial charge in [-0.1, -0.05) is 0 Å². The van der Waals surface area contributed by atoms with Gasteiger partial charge in [-0.15, -0.1) is 0 Å². The summed E-state index contributed by atoms with van der Waals surface area (Å²) >= 11 is 0. The zero-order chi connectivity index (χ0) is 11.4. The van der Waals surface area contributed by atoms with Crippen molar-refractivity contribution in [2.75, 3.05) is 20.2 Å². The van der Waals surface area contributed by atoms with Crippen LogP contribution in [0.1, 0.15) is 20.3 Å². The average Bonchev–Trinajstić information content (AvgIpc) is 2.64. The lowest BCUT2D eigenvalue weighted by Gasteiger charge is -2.21. The highest BCUT2D eigenvalue weighted by Crippen LogP contribution is 2.13. The highest BCUT2D eigenvalue weighted by molar-refractivity contribution is 5.81. The number of hydrogen-bond donors (Lipinski definition) is 1. The lowest BCUT2D eigenvalue weighted by atomic mass is 10.2. The Hall–Kier alpha value is -1.10. The summed E-state index contributed by atoms with van der Waals surface area (Å²) in [5.74, 6) is 0.161. The summed E-state index contributed by atoms with van der Waals surface area (Å²) in [6.45, 7) is 5.04. The zero-order valence-corrected chi connectivity index (χ0v) is 9.45. The van der Waals surface area contributed by atoms with E-state index in [1.54, 1.807) is 6.92 Å². The molecule has 1 fully saturated rings. The summed E-state index contributed by atoms with van der Waals surface area (Å²) in [6.07, 6.45) is 0.463. The minimum Gasteiger partial charge on any atom is -0.453 e. The van der Waals surface area contributed by atoms with Crippen LogP contribution in [-0.2, 0) is 9.53 Å². The van der Waals surface area contributed by atoms with Crippen LogP contribution in [0.15, 0.2) is 0 Å². The van der Waals surface area contributed by atoms with Gasteiger partial charge in [-0.3, -0.25) is 9.69 Å². The van der Waals surface area contributed by atoms with Crippen molar-refractivity contribution in [1.82, 2.24) is 10.2 Å². The number of ketones is 1. The second-order valence-electron chi connectivity index (χ2n) is 3.90. The first-order valence-corrected chi connectivity index (χ1v) is 5.13. The first-order valence-electron chi connectivity index (χ1n) is 5.13. The molecule has 0 aliphatic carbocycles. The molecule has 2 unspecified atom stereocenters. The van der Waals surface area contributed by atoms with E-state index in [0.29, 0.717) is 0 Å². The summed E-state index contributed by atoms with van der Waals surface area (Å²) in [6, 6.07) is 0.0358. The molecular formula is C10H18N2O3. The van der Waals surface area contributed by atoms with Crippen molar-refractivity contribution >= 4 is 11.9 Å². The molecular weight excluding hydrogens is 196 g/mol. The van der Waals surface area contributed by atoms with E-state index in [9.17, 15) is 9.59 Å². The van der Waals surface area contributed by atoms with Gasteiger partial charge in [0.15, 0.2) is 0 Å². The SMILES string of the molecule is COC(=O)NC1CCN(C(C)C(C)=O)C1. The van der Waals surface area contributed by atoms with Crippen LogP contribution < -0.4 is 5.32 Å². The minimum absolute atomic E-state index is 0.0607. The fourth-order valence-corrected chi connectivity index (χ4v) is 1.74. The van der Waals surface area contributed by atoms with E-state index in [-0.39, 0.29) is 17.9 Å². The standard InChI is InChI=1S/C10H18N2O3/c1-7(8(2)13)12-5-4-9(6-12)11-10(14)15-3/h7,9H,4-6H2,1-3H3,(H,11,14). The molecule has 0 bridgehead atoms. The van der Waals surface area contributed by atoms with Gasteiger partial charge >= 0.3 is 6.09 Å². The lowest BCUT2D eigenvalue weighted by molar-refractivity contribution is -0.121. The monoisotopic (exact) mass is 214 g/mol. The van der Waals surface area contributed by atoms with E-state index in [0.717, 1.165) is 19.5 Å². The first-order chi connectivity index (χ1) is 7.04. The predicted molar refractivity (Wildman–Crippen MR) is 55.7 cm³/mol. The van der Waals surface area contributed by atoms with E-state index in [2.05, 4.69) is 15.0 Å². The number of nitrogens with one attached hydrogen (secondary N) is 1. The molecule has 86 valence electrons.